The smallest absolute Gasteiger partial charge is 0.291 e. The summed E-state index contributed by atoms with van der Waals surface area (Å²) < 4.78 is 0. The van der Waals surface area contributed by atoms with Crippen LogP contribution in [-0.2, 0) is 0 Å². The Kier molecular flexibility index (Phi) is 7.09. The first kappa shape index (κ1) is 22.2. The Balaban J connectivity index is 0.00000136. The van der Waals surface area contributed by atoms with Gasteiger partial charge in [-0.1, -0.05) is 49.2 Å². The first-order valence-electron chi connectivity index (χ1n) is 9.16. The molecule has 0 atom stereocenters. The molecule has 0 spiro atoms. The number of anilines is 2. The lowest BCUT2D eigenvalue weighted by molar-refractivity contribution is 0.362. The van der Waals surface area contributed by atoms with E-state index in [1.54, 1.807) is 18.2 Å². The molecular weight excluding hydrogens is 399 g/mol. The van der Waals surface area contributed by atoms with Crippen LogP contribution in [0.5, 0.6) is 0 Å². The van der Waals surface area contributed by atoms with Crippen molar-refractivity contribution < 1.29 is 0 Å². The van der Waals surface area contributed by atoms with E-state index < -0.39 is 5.56 Å². The predicted octanol–water partition coefficient (Wildman–Crippen LogP) is 3.42. The highest BCUT2D eigenvalue weighted by molar-refractivity contribution is 6.44. The zero-order valence-electron chi connectivity index (χ0n) is 16.3. The number of nitrogens with two attached hydrogens (primary N) is 2. The molecule has 3 rings (SSSR count). The van der Waals surface area contributed by atoms with E-state index in [1.165, 1.54) is 0 Å². The van der Waals surface area contributed by atoms with E-state index in [1.807, 2.05) is 25.7 Å². The van der Waals surface area contributed by atoms with Gasteiger partial charge in [-0.05, 0) is 25.8 Å². The highest BCUT2D eigenvalue weighted by atomic mass is 35.5. The van der Waals surface area contributed by atoms with Gasteiger partial charge < -0.3 is 21.4 Å². The van der Waals surface area contributed by atoms with E-state index in [2.05, 4.69) is 9.97 Å². The molecule has 2 aromatic rings. The summed E-state index contributed by atoms with van der Waals surface area (Å²) in [5.74, 6) is 0.300. The minimum absolute atomic E-state index is 0.0423. The van der Waals surface area contributed by atoms with Gasteiger partial charge in [-0.2, -0.15) is 0 Å². The number of nitrogen functional groups attached to an aromatic ring is 1. The van der Waals surface area contributed by atoms with Crippen molar-refractivity contribution in [2.75, 3.05) is 23.7 Å². The monoisotopic (exact) mass is 424 g/mol. The van der Waals surface area contributed by atoms with Crippen LogP contribution >= 0.6 is 23.2 Å². The second kappa shape index (κ2) is 8.94. The molecular formula is C19H26Cl2N6O. The Morgan fingerprint density at radius 3 is 2.50 bits per heavy atom. The largest absolute Gasteiger partial charge is 0.382 e. The molecule has 0 saturated carbocycles. The molecule has 0 bridgehead atoms. The molecule has 0 amide bonds. The quantitative estimate of drug-likeness (QED) is 0.561. The first-order valence-corrected chi connectivity index (χ1v) is 9.92. The normalized spacial score (nSPS) is 15.6. The molecule has 152 valence electrons. The van der Waals surface area contributed by atoms with Crippen molar-refractivity contribution in [1.82, 2.24) is 9.97 Å². The molecule has 0 unspecified atom stereocenters. The number of benzene rings is 1. The third-order valence-corrected chi connectivity index (χ3v) is 5.42. The number of H-pyrrole nitrogens is 1. The summed E-state index contributed by atoms with van der Waals surface area (Å²) in [4.78, 5) is 21.3. The number of hydrogen-bond donors (Lipinski definition) is 4. The summed E-state index contributed by atoms with van der Waals surface area (Å²) in [5.41, 5.74) is 12.0. The number of nitrogens with zero attached hydrogens (tertiary/aromatic N) is 2. The molecule has 1 aliphatic heterocycles. The van der Waals surface area contributed by atoms with Crippen molar-refractivity contribution in [3.63, 3.8) is 0 Å². The van der Waals surface area contributed by atoms with Gasteiger partial charge in [0.15, 0.2) is 11.6 Å². The van der Waals surface area contributed by atoms with Crippen LogP contribution in [-0.4, -0.2) is 34.3 Å². The molecule has 1 aliphatic rings. The Hall–Kier alpha value is -2.09. The topological polar surface area (TPSA) is 125 Å². The molecule has 1 aromatic heterocycles. The maximum atomic E-state index is 12.5. The Morgan fingerprint density at radius 1 is 1.29 bits per heavy atom. The van der Waals surface area contributed by atoms with Crippen LogP contribution in [0.25, 0.3) is 0 Å². The van der Waals surface area contributed by atoms with Crippen molar-refractivity contribution in [3.05, 3.63) is 49.9 Å². The van der Waals surface area contributed by atoms with Crippen LogP contribution in [0.15, 0.2) is 23.0 Å². The van der Waals surface area contributed by atoms with Gasteiger partial charge in [-0.15, -0.1) is 0 Å². The Morgan fingerprint density at radius 2 is 1.89 bits per heavy atom. The number of nitrogens with one attached hydrogen (secondary N) is 2. The van der Waals surface area contributed by atoms with Gasteiger partial charge in [0.1, 0.15) is 5.69 Å². The molecule has 2 heterocycles. The zero-order chi connectivity index (χ0) is 21.1. The third kappa shape index (κ3) is 4.66. The fourth-order valence-electron chi connectivity index (χ4n) is 2.92. The van der Waals surface area contributed by atoms with E-state index >= 15 is 0 Å². The number of hydrogen-bond acceptors (Lipinski definition) is 6. The molecule has 9 heteroatoms. The SMILES string of the molecule is CC.CC1(N)CCN(c2nc(N)c(C(=N)c3cccc(Cl)c3Cl)[nH]c2=O)CC1. The van der Waals surface area contributed by atoms with Gasteiger partial charge in [-0.25, -0.2) is 4.98 Å². The van der Waals surface area contributed by atoms with E-state index in [4.69, 9.17) is 40.1 Å². The summed E-state index contributed by atoms with van der Waals surface area (Å²) in [5, 5.41) is 8.89. The Labute approximate surface area is 174 Å². The van der Waals surface area contributed by atoms with Crippen LogP contribution in [0.3, 0.4) is 0 Å². The van der Waals surface area contributed by atoms with Gasteiger partial charge >= 0.3 is 0 Å². The van der Waals surface area contributed by atoms with Gasteiger partial charge in [0.2, 0.25) is 0 Å². The van der Waals surface area contributed by atoms with Gasteiger partial charge in [0.25, 0.3) is 5.56 Å². The maximum absolute atomic E-state index is 12.5. The number of aromatic nitrogens is 2. The minimum atomic E-state index is -0.405. The molecule has 0 aliphatic carbocycles. The molecule has 6 N–H and O–H groups in total. The van der Waals surface area contributed by atoms with E-state index in [9.17, 15) is 4.79 Å². The van der Waals surface area contributed by atoms with Crippen molar-refractivity contribution in [2.45, 2.75) is 39.2 Å². The standard InChI is InChI=1S/C17H20Cl2N6O.C2H6/c1-17(22)5-7-25(8-6-17)15-16(26)23-13(14(21)24-15)12(20)9-3-2-4-10(18)11(9)19;1-2/h2-4,20H,5-8,22H2,1H3,(H2,21,24)(H,23,26);1-2H3. The number of piperidine rings is 1. The molecule has 1 aromatic carbocycles. The molecule has 28 heavy (non-hydrogen) atoms. The lowest BCUT2D eigenvalue weighted by atomic mass is 9.91. The summed E-state index contributed by atoms with van der Waals surface area (Å²) in [6.45, 7) is 7.24. The Bertz CT molecular complexity index is 915. The van der Waals surface area contributed by atoms with Crippen LogP contribution in [0.4, 0.5) is 11.6 Å². The first-order chi connectivity index (χ1) is 13.2. The fraction of sp³-hybridized carbons (Fsp3) is 0.421. The van der Waals surface area contributed by atoms with Crippen molar-refractivity contribution >= 4 is 40.5 Å². The lowest BCUT2D eigenvalue weighted by Gasteiger charge is -2.37. The summed E-state index contributed by atoms with van der Waals surface area (Å²) in [6, 6.07) is 4.93. The predicted molar refractivity (Wildman–Crippen MR) is 117 cm³/mol. The van der Waals surface area contributed by atoms with E-state index in [0.29, 0.717) is 23.7 Å². The van der Waals surface area contributed by atoms with Crippen molar-refractivity contribution in [1.29, 1.82) is 5.41 Å². The highest BCUT2D eigenvalue weighted by Crippen LogP contribution is 2.28. The van der Waals surface area contributed by atoms with Gasteiger partial charge in [-0.3, -0.25) is 10.2 Å². The summed E-state index contributed by atoms with van der Waals surface area (Å²) in [6.07, 6.45) is 1.51. The zero-order valence-corrected chi connectivity index (χ0v) is 17.8. The van der Waals surface area contributed by atoms with Gasteiger partial charge in [0.05, 0.1) is 15.8 Å². The molecule has 1 fully saturated rings. The number of rotatable bonds is 3. The second-order valence-corrected chi connectivity index (χ2v) is 7.55. The summed E-state index contributed by atoms with van der Waals surface area (Å²) in [7, 11) is 0. The number of aromatic amines is 1. The molecule has 7 nitrogen and oxygen atoms in total. The summed E-state index contributed by atoms with van der Waals surface area (Å²) >= 11 is 12.2. The maximum Gasteiger partial charge on any atom is 0.291 e. The van der Waals surface area contributed by atoms with Crippen LogP contribution < -0.4 is 21.9 Å². The van der Waals surface area contributed by atoms with Crippen LogP contribution in [0.1, 0.15) is 44.9 Å². The van der Waals surface area contributed by atoms with Gasteiger partial charge in [0, 0.05) is 24.2 Å². The highest BCUT2D eigenvalue weighted by Gasteiger charge is 2.28. The van der Waals surface area contributed by atoms with Crippen molar-refractivity contribution in [3.8, 4) is 0 Å². The van der Waals surface area contributed by atoms with E-state index in [-0.39, 0.29) is 33.6 Å². The van der Waals surface area contributed by atoms with E-state index in [0.717, 1.165) is 12.8 Å². The molecule has 0 radical (unpaired) electrons. The fourth-order valence-corrected chi connectivity index (χ4v) is 3.32. The van der Waals surface area contributed by atoms with Crippen LogP contribution in [0.2, 0.25) is 10.0 Å². The lowest BCUT2D eigenvalue weighted by Crippen LogP contribution is -2.49. The second-order valence-electron chi connectivity index (χ2n) is 6.77. The number of halogens is 2. The van der Waals surface area contributed by atoms with Crippen LogP contribution in [0, 0.1) is 5.41 Å². The molecule has 1 saturated heterocycles. The van der Waals surface area contributed by atoms with Crippen molar-refractivity contribution in [2.24, 2.45) is 5.73 Å². The minimum Gasteiger partial charge on any atom is -0.382 e. The average molecular weight is 425 g/mol. The third-order valence-electron chi connectivity index (χ3n) is 4.60. The average Bonchev–Trinajstić information content (AvgIpc) is 2.67.